The number of hydrogen-bond acceptors (Lipinski definition) is 6. The topological polar surface area (TPSA) is 65.8 Å². The number of nitriles is 1. The zero-order chi connectivity index (χ0) is 21.1. The van der Waals surface area contributed by atoms with Crippen LogP contribution >= 0.6 is 11.8 Å². The molecule has 2 aromatic carbocycles. The molecule has 1 fully saturated rings. The van der Waals surface area contributed by atoms with Crippen LogP contribution in [-0.4, -0.2) is 37.1 Å². The second-order valence-corrected chi connectivity index (χ2v) is 7.98. The SMILES string of the molecule is CCOc1ccc(C2CC(=O)N3CN(c4ccccc4)CSC3=C2C#N)cc1OC. The number of nitrogens with zero attached hydrogens (tertiary/aromatic N) is 3. The van der Waals surface area contributed by atoms with Crippen LogP contribution in [0, 0.1) is 11.3 Å². The number of carbonyl (C=O) groups excluding carboxylic acids is 1. The lowest BCUT2D eigenvalue weighted by atomic mass is 9.86. The average molecular weight is 422 g/mol. The Morgan fingerprint density at radius 1 is 1.20 bits per heavy atom. The fourth-order valence-electron chi connectivity index (χ4n) is 3.82. The molecule has 2 aromatic rings. The van der Waals surface area contributed by atoms with Gasteiger partial charge in [0.1, 0.15) is 0 Å². The first kappa shape index (κ1) is 20.2. The Balaban J connectivity index is 1.66. The normalized spacial score (nSPS) is 18.7. The van der Waals surface area contributed by atoms with Gasteiger partial charge < -0.3 is 14.4 Å². The third-order valence-electron chi connectivity index (χ3n) is 5.30. The number of amides is 1. The summed E-state index contributed by atoms with van der Waals surface area (Å²) in [5.41, 5.74) is 2.59. The fourth-order valence-corrected chi connectivity index (χ4v) is 4.99. The standard InChI is InChI=1S/C23H23N3O3S/c1-3-29-20-10-9-16(11-21(20)28-2)18-12-22(27)26-14-25(17-7-5-4-6-8-17)15-30-23(26)19(18)13-24/h4-11,18H,3,12,14-15H2,1-2H3. The number of carbonyl (C=O) groups is 1. The number of anilines is 1. The van der Waals surface area contributed by atoms with Crippen LogP contribution in [0.25, 0.3) is 0 Å². The van der Waals surface area contributed by atoms with Crippen molar-refractivity contribution in [3.8, 4) is 17.6 Å². The molecule has 4 rings (SSSR count). The Morgan fingerprint density at radius 3 is 2.70 bits per heavy atom. The van der Waals surface area contributed by atoms with Crippen LogP contribution in [0.3, 0.4) is 0 Å². The molecular weight excluding hydrogens is 398 g/mol. The molecule has 2 aliphatic rings. The number of thioether (sulfide) groups is 1. The predicted molar refractivity (Wildman–Crippen MR) is 117 cm³/mol. The minimum atomic E-state index is -0.283. The first-order chi connectivity index (χ1) is 14.7. The summed E-state index contributed by atoms with van der Waals surface area (Å²) in [6.45, 7) is 2.91. The van der Waals surface area contributed by atoms with E-state index in [2.05, 4.69) is 11.0 Å². The lowest BCUT2D eigenvalue weighted by Crippen LogP contribution is -2.47. The van der Waals surface area contributed by atoms with Crippen molar-refractivity contribution in [2.24, 2.45) is 0 Å². The van der Waals surface area contributed by atoms with Crippen LogP contribution in [-0.2, 0) is 4.79 Å². The number of rotatable bonds is 5. The Bertz CT molecular complexity index is 1020. The Hall–Kier alpha value is -3.11. The van der Waals surface area contributed by atoms with Gasteiger partial charge in [0.25, 0.3) is 0 Å². The van der Waals surface area contributed by atoms with Crippen molar-refractivity contribution in [3.05, 3.63) is 64.7 Å². The molecule has 154 valence electrons. The molecule has 0 saturated carbocycles. The van der Waals surface area contributed by atoms with Crippen molar-refractivity contribution in [2.75, 3.05) is 31.2 Å². The summed E-state index contributed by atoms with van der Waals surface area (Å²) in [6, 6.07) is 18.0. The smallest absolute Gasteiger partial charge is 0.229 e. The quantitative estimate of drug-likeness (QED) is 0.717. The average Bonchev–Trinajstić information content (AvgIpc) is 2.80. The summed E-state index contributed by atoms with van der Waals surface area (Å²) in [6.07, 6.45) is 0.257. The van der Waals surface area contributed by atoms with Gasteiger partial charge in [-0.15, -0.1) is 0 Å². The van der Waals surface area contributed by atoms with Crippen LogP contribution in [0.4, 0.5) is 5.69 Å². The second kappa shape index (κ2) is 8.72. The molecule has 0 N–H and O–H groups in total. The van der Waals surface area contributed by atoms with Gasteiger partial charge in [-0.25, -0.2) is 0 Å². The largest absolute Gasteiger partial charge is 0.493 e. The van der Waals surface area contributed by atoms with E-state index in [4.69, 9.17) is 9.47 Å². The van der Waals surface area contributed by atoms with E-state index < -0.39 is 0 Å². The molecule has 0 aromatic heterocycles. The number of para-hydroxylation sites is 1. The third kappa shape index (κ3) is 3.71. The maximum Gasteiger partial charge on any atom is 0.229 e. The molecule has 0 radical (unpaired) electrons. The Kier molecular flexibility index (Phi) is 5.86. The summed E-state index contributed by atoms with van der Waals surface area (Å²) in [5, 5.41) is 10.7. The summed E-state index contributed by atoms with van der Waals surface area (Å²) >= 11 is 1.54. The number of hydrogen-bond donors (Lipinski definition) is 0. The zero-order valence-corrected chi connectivity index (χ0v) is 17.8. The fraction of sp³-hybridized carbons (Fsp3) is 0.304. The van der Waals surface area contributed by atoms with E-state index >= 15 is 0 Å². The van der Waals surface area contributed by atoms with Crippen molar-refractivity contribution < 1.29 is 14.3 Å². The summed E-state index contributed by atoms with van der Waals surface area (Å²) < 4.78 is 11.1. The lowest BCUT2D eigenvalue weighted by molar-refractivity contribution is -0.129. The van der Waals surface area contributed by atoms with Crippen LogP contribution in [0.2, 0.25) is 0 Å². The Morgan fingerprint density at radius 2 is 2.00 bits per heavy atom. The molecule has 30 heavy (non-hydrogen) atoms. The maximum absolute atomic E-state index is 13.1. The molecule has 7 heteroatoms. The molecule has 1 atom stereocenters. The van der Waals surface area contributed by atoms with E-state index in [0.717, 1.165) is 16.3 Å². The predicted octanol–water partition coefficient (Wildman–Crippen LogP) is 4.31. The molecular formula is C23H23N3O3S. The molecule has 0 bridgehead atoms. The van der Waals surface area contributed by atoms with Gasteiger partial charge in [-0.05, 0) is 36.8 Å². The molecule has 2 aliphatic heterocycles. The van der Waals surface area contributed by atoms with Gasteiger partial charge in [0.2, 0.25) is 5.91 Å². The molecule has 2 heterocycles. The highest BCUT2D eigenvalue weighted by molar-refractivity contribution is 8.03. The van der Waals surface area contributed by atoms with Crippen LogP contribution in [0.1, 0.15) is 24.8 Å². The van der Waals surface area contributed by atoms with Gasteiger partial charge in [0.05, 0.1) is 42.9 Å². The van der Waals surface area contributed by atoms with Crippen LogP contribution in [0.15, 0.2) is 59.1 Å². The van der Waals surface area contributed by atoms with Crippen LogP contribution in [0.5, 0.6) is 11.5 Å². The van der Waals surface area contributed by atoms with E-state index in [-0.39, 0.29) is 18.2 Å². The number of ether oxygens (including phenoxy) is 2. The molecule has 1 amide bonds. The number of fused-ring (bicyclic) bond motifs is 1. The first-order valence-corrected chi connectivity index (χ1v) is 10.8. The monoisotopic (exact) mass is 421 g/mol. The third-order valence-corrected chi connectivity index (χ3v) is 6.46. The summed E-state index contributed by atoms with van der Waals surface area (Å²) in [7, 11) is 1.59. The summed E-state index contributed by atoms with van der Waals surface area (Å²) in [4.78, 5) is 16.9. The van der Waals surface area contributed by atoms with E-state index in [1.165, 1.54) is 11.8 Å². The van der Waals surface area contributed by atoms with E-state index in [0.29, 0.717) is 36.2 Å². The Labute approximate surface area is 180 Å². The van der Waals surface area contributed by atoms with Gasteiger partial charge in [-0.3, -0.25) is 9.69 Å². The number of allylic oxidation sites excluding steroid dienone is 1. The van der Waals surface area contributed by atoms with Crippen molar-refractivity contribution in [3.63, 3.8) is 0 Å². The summed E-state index contributed by atoms with van der Waals surface area (Å²) in [5.74, 6) is 1.69. The van der Waals surface area contributed by atoms with Gasteiger partial charge >= 0.3 is 0 Å². The van der Waals surface area contributed by atoms with E-state index in [9.17, 15) is 10.1 Å². The molecule has 1 saturated heterocycles. The minimum absolute atomic E-state index is 0.0231. The maximum atomic E-state index is 13.1. The lowest BCUT2D eigenvalue weighted by Gasteiger charge is -2.42. The highest BCUT2D eigenvalue weighted by Gasteiger charge is 2.38. The van der Waals surface area contributed by atoms with Crippen LogP contribution < -0.4 is 14.4 Å². The first-order valence-electron chi connectivity index (χ1n) is 9.84. The molecule has 6 nitrogen and oxygen atoms in total. The van der Waals surface area contributed by atoms with E-state index in [1.54, 1.807) is 12.0 Å². The second-order valence-electron chi connectivity index (χ2n) is 7.04. The van der Waals surface area contributed by atoms with Crippen molar-refractivity contribution in [2.45, 2.75) is 19.3 Å². The van der Waals surface area contributed by atoms with Crippen molar-refractivity contribution >= 4 is 23.4 Å². The van der Waals surface area contributed by atoms with Gasteiger partial charge in [0, 0.05) is 18.0 Å². The zero-order valence-electron chi connectivity index (χ0n) is 17.0. The van der Waals surface area contributed by atoms with E-state index in [1.807, 2.05) is 55.5 Å². The molecule has 1 unspecified atom stereocenters. The van der Waals surface area contributed by atoms with Crippen molar-refractivity contribution in [1.82, 2.24) is 4.90 Å². The molecule has 0 spiro atoms. The van der Waals surface area contributed by atoms with Gasteiger partial charge in [-0.2, -0.15) is 5.26 Å². The number of benzene rings is 2. The minimum Gasteiger partial charge on any atom is -0.493 e. The molecule has 0 aliphatic carbocycles. The highest BCUT2D eigenvalue weighted by atomic mass is 32.2. The van der Waals surface area contributed by atoms with Gasteiger partial charge in [-0.1, -0.05) is 36.0 Å². The van der Waals surface area contributed by atoms with Crippen molar-refractivity contribution in [1.29, 1.82) is 5.26 Å². The number of methoxy groups -OCH3 is 1. The highest BCUT2D eigenvalue weighted by Crippen LogP contribution is 2.44. The van der Waals surface area contributed by atoms with Gasteiger partial charge in [0.15, 0.2) is 11.5 Å².